The summed E-state index contributed by atoms with van der Waals surface area (Å²) in [5.41, 5.74) is 1.13. The molecule has 1 saturated heterocycles. The molecule has 0 bridgehead atoms. The Labute approximate surface area is 145 Å². The number of halogens is 3. The van der Waals surface area contributed by atoms with E-state index in [0.717, 1.165) is 25.1 Å². The zero-order chi connectivity index (χ0) is 15.5. The van der Waals surface area contributed by atoms with Gasteiger partial charge >= 0.3 is 0 Å². The molecular formula is C17H16Cl3NO. The van der Waals surface area contributed by atoms with Gasteiger partial charge < -0.3 is 10.1 Å². The molecule has 1 fully saturated rings. The number of hydrogen-bond donors (Lipinski definition) is 1. The van der Waals surface area contributed by atoms with E-state index in [-0.39, 0.29) is 6.10 Å². The fraction of sp³-hybridized carbons (Fsp3) is 0.294. The second kappa shape index (κ2) is 7.10. The van der Waals surface area contributed by atoms with Gasteiger partial charge in [-0.15, -0.1) is 0 Å². The van der Waals surface area contributed by atoms with Crippen LogP contribution in [-0.4, -0.2) is 13.1 Å². The third-order valence-electron chi connectivity index (χ3n) is 3.87. The predicted octanol–water partition coefficient (Wildman–Crippen LogP) is 5.38. The molecule has 0 aromatic heterocycles. The Morgan fingerprint density at radius 3 is 2.55 bits per heavy atom. The average molecular weight is 357 g/mol. The zero-order valence-corrected chi connectivity index (χ0v) is 14.1. The Bertz CT molecular complexity index is 642. The van der Waals surface area contributed by atoms with Crippen LogP contribution < -0.4 is 10.1 Å². The Morgan fingerprint density at radius 1 is 1.09 bits per heavy atom. The monoisotopic (exact) mass is 355 g/mol. The van der Waals surface area contributed by atoms with Crippen LogP contribution in [0, 0.1) is 5.92 Å². The van der Waals surface area contributed by atoms with Crippen LogP contribution in [0.15, 0.2) is 42.5 Å². The minimum Gasteiger partial charge on any atom is -0.484 e. The first kappa shape index (κ1) is 15.9. The molecular weight excluding hydrogens is 341 g/mol. The average Bonchev–Trinajstić information content (AvgIpc) is 3.04. The molecule has 116 valence electrons. The Kier molecular flexibility index (Phi) is 5.14. The Balaban J connectivity index is 1.93. The van der Waals surface area contributed by atoms with E-state index in [9.17, 15) is 0 Å². The molecule has 1 heterocycles. The van der Waals surface area contributed by atoms with E-state index in [1.165, 1.54) is 0 Å². The van der Waals surface area contributed by atoms with Gasteiger partial charge in [-0.05, 0) is 24.6 Å². The quantitative estimate of drug-likeness (QED) is 0.743. The second-order valence-electron chi connectivity index (χ2n) is 5.40. The van der Waals surface area contributed by atoms with Crippen molar-refractivity contribution in [3.05, 3.63) is 63.1 Å². The van der Waals surface area contributed by atoms with Crippen LogP contribution >= 0.6 is 34.8 Å². The van der Waals surface area contributed by atoms with Crippen LogP contribution in [0.5, 0.6) is 5.75 Å². The maximum atomic E-state index is 6.27. The van der Waals surface area contributed by atoms with E-state index in [1.54, 1.807) is 12.1 Å². The molecule has 2 aromatic carbocycles. The molecule has 0 radical (unpaired) electrons. The smallest absolute Gasteiger partial charge is 0.141 e. The van der Waals surface area contributed by atoms with Gasteiger partial charge in [-0.2, -0.15) is 0 Å². The van der Waals surface area contributed by atoms with Crippen LogP contribution in [0.2, 0.25) is 15.1 Å². The summed E-state index contributed by atoms with van der Waals surface area (Å²) >= 11 is 18.4. The normalized spacial score (nSPS) is 19.1. The lowest BCUT2D eigenvalue weighted by molar-refractivity contribution is 0.144. The van der Waals surface area contributed by atoms with Crippen LogP contribution in [0.4, 0.5) is 0 Å². The first-order chi connectivity index (χ1) is 10.6. The fourth-order valence-corrected chi connectivity index (χ4v) is 3.40. The van der Waals surface area contributed by atoms with Crippen molar-refractivity contribution in [1.29, 1.82) is 0 Å². The fourth-order valence-electron chi connectivity index (χ4n) is 2.77. The summed E-state index contributed by atoms with van der Waals surface area (Å²) < 4.78 is 6.24. The number of rotatable bonds is 4. The molecule has 3 rings (SSSR count). The predicted molar refractivity (Wildman–Crippen MR) is 92.3 cm³/mol. The number of benzene rings is 2. The van der Waals surface area contributed by atoms with Crippen LogP contribution in [0.3, 0.4) is 0 Å². The molecule has 2 aromatic rings. The lowest BCUT2D eigenvalue weighted by Gasteiger charge is -2.25. The van der Waals surface area contributed by atoms with Gasteiger partial charge in [0.15, 0.2) is 0 Å². The summed E-state index contributed by atoms with van der Waals surface area (Å²) in [4.78, 5) is 0. The molecule has 22 heavy (non-hydrogen) atoms. The second-order valence-corrected chi connectivity index (χ2v) is 6.62. The van der Waals surface area contributed by atoms with E-state index >= 15 is 0 Å². The van der Waals surface area contributed by atoms with Gasteiger partial charge in [-0.3, -0.25) is 0 Å². The van der Waals surface area contributed by atoms with Crippen LogP contribution in [0.25, 0.3) is 0 Å². The van der Waals surface area contributed by atoms with Crippen molar-refractivity contribution >= 4 is 34.8 Å². The number of ether oxygens (including phenoxy) is 1. The first-order valence-corrected chi connectivity index (χ1v) is 8.35. The van der Waals surface area contributed by atoms with Crippen LogP contribution in [-0.2, 0) is 0 Å². The highest BCUT2D eigenvalue weighted by Gasteiger charge is 2.28. The van der Waals surface area contributed by atoms with E-state index in [1.807, 2.05) is 18.2 Å². The van der Waals surface area contributed by atoms with E-state index in [2.05, 4.69) is 17.4 Å². The maximum absolute atomic E-state index is 6.27. The van der Waals surface area contributed by atoms with E-state index in [0.29, 0.717) is 26.7 Å². The van der Waals surface area contributed by atoms with Gasteiger partial charge in [0.25, 0.3) is 0 Å². The van der Waals surface area contributed by atoms with Gasteiger partial charge in [0.2, 0.25) is 0 Å². The molecule has 5 heteroatoms. The minimum atomic E-state index is -0.0803. The van der Waals surface area contributed by atoms with Crippen molar-refractivity contribution < 1.29 is 4.74 Å². The maximum Gasteiger partial charge on any atom is 0.141 e. The number of nitrogens with one attached hydrogen (secondary N) is 1. The molecule has 0 amide bonds. The summed E-state index contributed by atoms with van der Waals surface area (Å²) in [6, 6.07) is 13.5. The third kappa shape index (κ3) is 3.52. The molecule has 1 N–H and O–H groups in total. The van der Waals surface area contributed by atoms with E-state index < -0.39 is 0 Å². The van der Waals surface area contributed by atoms with Crippen LogP contribution in [0.1, 0.15) is 18.1 Å². The Morgan fingerprint density at radius 2 is 1.86 bits per heavy atom. The van der Waals surface area contributed by atoms with Crippen molar-refractivity contribution in [2.24, 2.45) is 5.92 Å². The summed E-state index contributed by atoms with van der Waals surface area (Å²) in [5, 5.41) is 4.70. The van der Waals surface area contributed by atoms with Crippen molar-refractivity contribution in [3.63, 3.8) is 0 Å². The molecule has 2 nitrogen and oxygen atoms in total. The minimum absolute atomic E-state index is 0.0803. The highest BCUT2D eigenvalue weighted by Crippen LogP contribution is 2.40. The van der Waals surface area contributed by atoms with Gasteiger partial charge in [0, 0.05) is 23.6 Å². The van der Waals surface area contributed by atoms with E-state index in [4.69, 9.17) is 39.5 Å². The van der Waals surface area contributed by atoms with Gasteiger partial charge in [-0.25, -0.2) is 0 Å². The first-order valence-electron chi connectivity index (χ1n) is 7.22. The van der Waals surface area contributed by atoms with Crippen molar-refractivity contribution in [3.8, 4) is 5.75 Å². The molecule has 1 aliphatic rings. The topological polar surface area (TPSA) is 21.3 Å². The van der Waals surface area contributed by atoms with Gasteiger partial charge in [0.1, 0.15) is 16.9 Å². The standard InChI is InChI=1S/C17H16Cl3NO/c18-13-8-14(19)16(20)15(9-13)22-17(12-6-7-21-10-12)11-4-2-1-3-5-11/h1-5,8-9,12,17,21H,6-7,10H2/t12-,17-/m0/s1. The molecule has 0 unspecified atom stereocenters. The Hall–Kier alpha value is -0.930. The van der Waals surface area contributed by atoms with Gasteiger partial charge in [0.05, 0.1) is 5.02 Å². The third-order valence-corrected chi connectivity index (χ3v) is 4.87. The summed E-state index contributed by atoms with van der Waals surface area (Å²) in [6.07, 6.45) is 0.981. The van der Waals surface area contributed by atoms with Gasteiger partial charge in [-0.1, -0.05) is 65.1 Å². The molecule has 0 aliphatic carbocycles. The van der Waals surface area contributed by atoms with Crippen molar-refractivity contribution in [2.75, 3.05) is 13.1 Å². The zero-order valence-electron chi connectivity index (χ0n) is 11.9. The summed E-state index contributed by atoms with van der Waals surface area (Å²) in [6.45, 7) is 1.92. The highest BCUT2D eigenvalue weighted by molar-refractivity contribution is 6.44. The lowest BCUT2D eigenvalue weighted by atomic mass is 9.95. The molecule has 0 saturated carbocycles. The van der Waals surface area contributed by atoms with Crippen molar-refractivity contribution in [1.82, 2.24) is 5.32 Å². The molecule has 1 aliphatic heterocycles. The van der Waals surface area contributed by atoms with Crippen molar-refractivity contribution in [2.45, 2.75) is 12.5 Å². The molecule has 0 spiro atoms. The SMILES string of the molecule is Clc1cc(Cl)c(Cl)c(O[C@@H](c2ccccc2)[C@H]2CCNC2)c1. The lowest BCUT2D eigenvalue weighted by Crippen LogP contribution is -2.21. The highest BCUT2D eigenvalue weighted by atomic mass is 35.5. The molecule has 2 atom stereocenters. The summed E-state index contributed by atoms with van der Waals surface area (Å²) in [7, 11) is 0. The summed E-state index contributed by atoms with van der Waals surface area (Å²) in [5.74, 6) is 0.913. The number of hydrogen-bond acceptors (Lipinski definition) is 2. The largest absolute Gasteiger partial charge is 0.484 e.